The van der Waals surface area contributed by atoms with Gasteiger partial charge < -0.3 is 14.5 Å². The average Bonchev–Trinajstić information content (AvgIpc) is 2.68. The second-order valence-corrected chi connectivity index (χ2v) is 7.14. The van der Waals surface area contributed by atoms with Crippen molar-refractivity contribution in [2.75, 3.05) is 24.5 Å². The molecule has 0 radical (unpaired) electrons. The zero-order chi connectivity index (χ0) is 19.2. The number of benzene rings is 1. The van der Waals surface area contributed by atoms with Crippen LogP contribution >= 0.6 is 11.6 Å². The molecule has 1 aliphatic heterocycles. The van der Waals surface area contributed by atoms with Crippen molar-refractivity contribution in [1.82, 2.24) is 14.9 Å². The highest BCUT2D eigenvalue weighted by atomic mass is 35.5. The van der Waals surface area contributed by atoms with Gasteiger partial charge in [0.05, 0.1) is 5.02 Å². The summed E-state index contributed by atoms with van der Waals surface area (Å²) in [7, 11) is 0. The number of carbonyl (C=O) groups is 1. The molecule has 2 aromatic rings. The Hall–Kier alpha value is -2.34. The molecule has 1 aliphatic rings. The molecule has 0 spiro atoms. The number of amides is 1. The van der Waals surface area contributed by atoms with Gasteiger partial charge in [-0.25, -0.2) is 9.97 Å². The van der Waals surface area contributed by atoms with Crippen molar-refractivity contribution in [2.24, 2.45) is 0 Å². The maximum atomic E-state index is 12.3. The van der Waals surface area contributed by atoms with Gasteiger partial charge in [0, 0.05) is 38.2 Å². The van der Waals surface area contributed by atoms with Crippen LogP contribution in [-0.4, -0.2) is 46.5 Å². The topological polar surface area (TPSA) is 58.6 Å². The lowest BCUT2D eigenvalue weighted by atomic mass is 10.1. The monoisotopic (exact) mass is 388 g/mol. The molecule has 144 valence electrons. The summed E-state index contributed by atoms with van der Waals surface area (Å²) in [4.78, 5) is 25.1. The van der Waals surface area contributed by atoms with E-state index in [1.807, 2.05) is 23.1 Å². The number of aromatic nitrogens is 2. The van der Waals surface area contributed by atoms with Gasteiger partial charge in [0.15, 0.2) is 0 Å². The van der Waals surface area contributed by atoms with E-state index >= 15 is 0 Å². The van der Waals surface area contributed by atoms with E-state index in [1.165, 1.54) is 6.33 Å². The first-order chi connectivity index (χ1) is 13.1. The number of halogens is 1. The van der Waals surface area contributed by atoms with Gasteiger partial charge in [0.2, 0.25) is 11.8 Å². The highest BCUT2D eigenvalue weighted by Crippen LogP contribution is 2.29. The lowest BCUT2D eigenvalue weighted by Gasteiger charge is -2.40. The Labute approximate surface area is 165 Å². The van der Waals surface area contributed by atoms with Crippen LogP contribution in [0.5, 0.6) is 11.6 Å². The van der Waals surface area contributed by atoms with Gasteiger partial charge in [0.1, 0.15) is 17.9 Å². The second kappa shape index (κ2) is 9.04. The van der Waals surface area contributed by atoms with Crippen molar-refractivity contribution in [3.8, 4) is 11.6 Å². The van der Waals surface area contributed by atoms with E-state index in [9.17, 15) is 4.79 Å². The third kappa shape index (κ3) is 4.89. The van der Waals surface area contributed by atoms with Crippen molar-refractivity contribution in [2.45, 2.75) is 39.2 Å². The molecule has 7 heteroatoms. The standard InChI is InChI=1S/C20H25ClN4O2/c1-3-4-9-20(26)25-11-10-24(13-15(25)2)18-12-19(23-14-22-18)27-17-8-6-5-7-16(17)21/h5-8,12,14-15H,3-4,9-11,13H2,1-2H3/t15-/m1/s1. The van der Waals surface area contributed by atoms with Crippen molar-refractivity contribution in [1.29, 1.82) is 0 Å². The molecule has 0 unspecified atom stereocenters. The predicted molar refractivity (Wildman–Crippen MR) is 106 cm³/mol. The lowest BCUT2D eigenvalue weighted by Crippen LogP contribution is -2.54. The molecule has 1 aromatic heterocycles. The Bertz CT molecular complexity index is 786. The molecule has 1 fully saturated rings. The summed E-state index contributed by atoms with van der Waals surface area (Å²) < 4.78 is 5.80. The summed E-state index contributed by atoms with van der Waals surface area (Å²) in [5, 5.41) is 0.533. The Kier molecular flexibility index (Phi) is 6.50. The molecule has 6 nitrogen and oxygen atoms in total. The molecular weight excluding hydrogens is 364 g/mol. The highest BCUT2D eigenvalue weighted by molar-refractivity contribution is 6.32. The summed E-state index contributed by atoms with van der Waals surface area (Å²) in [6.07, 6.45) is 4.10. The van der Waals surface area contributed by atoms with Crippen molar-refractivity contribution < 1.29 is 9.53 Å². The number of rotatable bonds is 6. The fourth-order valence-corrected chi connectivity index (χ4v) is 3.38. The molecule has 27 heavy (non-hydrogen) atoms. The Morgan fingerprint density at radius 3 is 2.85 bits per heavy atom. The molecule has 0 saturated carbocycles. The number of para-hydroxylation sites is 1. The summed E-state index contributed by atoms with van der Waals surface area (Å²) in [6, 6.07) is 9.24. The quantitative estimate of drug-likeness (QED) is 0.744. The zero-order valence-corrected chi connectivity index (χ0v) is 16.5. The van der Waals surface area contributed by atoms with Crippen LogP contribution in [-0.2, 0) is 4.79 Å². The van der Waals surface area contributed by atoms with Gasteiger partial charge in [0.25, 0.3) is 0 Å². The van der Waals surface area contributed by atoms with Gasteiger partial charge in [-0.2, -0.15) is 0 Å². The van der Waals surface area contributed by atoms with Crippen LogP contribution in [0, 0.1) is 0 Å². The van der Waals surface area contributed by atoms with Gasteiger partial charge in [-0.3, -0.25) is 4.79 Å². The van der Waals surface area contributed by atoms with Crippen LogP contribution in [0.3, 0.4) is 0 Å². The van der Waals surface area contributed by atoms with Crippen LogP contribution in [0.15, 0.2) is 36.7 Å². The number of ether oxygens (including phenoxy) is 1. The molecule has 1 atom stereocenters. The van der Waals surface area contributed by atoms with Gasteiger partial charge in [-0.1, -0.05) is 37.1 Å². The van der Waals surface area contributed by atoms with Gasteiger partial charge >= 0.3 is 0 Å². The number of hydrogen-bond acceptors (Lipinski definition) is 5. The molecule has 0 bridgehead atoms. The summed E-state index contributed by atoms with van der Waals surface area (Å²) >= 11 is 6.15. The minimum atomic E-state index is 0.144. The Morgan fingerprint density at radius 1 is 1.30 bits per heavy atom. The summed E-state index contributed by atoms with van der Waals surface area (Å²) in [6.45, 7) is 6.37. The van der Waals surface area contributed by atoms with E-state index in [1.54, 1.807) is 12.1 Å². The molecule has 1 amide bonds. The zero-order valence-electron chi connectivity index (χ0n) is 15.8. The van der Waals surface area contributed by atoms with Crippen LogP contribution in [0.25, 0.3) is 0 Å². The number of unbranched alkanes of at least 4 members (excludes halogenated alkanes) is 1. The molecular formula is C20H25ClN4O2. The van der Waals surface area contributed by atoms with Crippen molar-refractivity contribution >= 4 is 23.3 Å². The Balaban J connectivity index is 1.66. The maximum absolute atomic E-state index is 12.3. The summed E-state index contributed by atoms with van der Waals surface area (Å²) in [5.41, 5.74) is 0. The number of carbonyl (C=O) groups excluding carboxylic acids is 1. The first-order valence-corrected chi connectivity index (χ1v) is 9.75. The van der Waals surface area contributed by atoms with E-state index in [4.69, 9.17) is 16.3 Å². The first kappa shape index (κ1) is 19.4. The van der Waals surface area contributed by atoms with E-state index in [2.05, 4.69) is 28.7 Å². The smallest absolute Gasteiger partial charge is 0.224 e. The fraction of sp³-hybridized carbons (Fsp3) is 0.450. The number of piperazine rings is 1. The minimum Gasteiger partial charge on any atom is -0.437 e. The SMILES string of the molecule is CCCCC(=O)N1CCN(c2cc(Oc3ccccc3Cl)ncn2)C[C@H]1C. The molecule has 0 aliphatic carbocycles. The molecule has 3 rings (SSSR count). The van der Waals surface area contributed by atoms with Gasteiger partial charge in [-0.05, 0) is 25.5 Å². The van der Waals surface area contributed by atoms with Crippen molar-refractivity contribution in [3.05, 3.63) is 41.7 Å². The maximum Gasteiger partial charge on any atom is 0.224 e. The highest BCUT2D eigenvalue weighted by Gasteiger charge is 2.27. The molecule has 1 saturated heterocycles. The van der Waals surface area contributed by atoms with E-state index in [0.717, 1.165) is 31.7 Å². The first-order valence-electron chi connectivity index (χ1n) is 9.37. The normalized spacial score (nSPS) is 17.1. The number of nitrogens with zero attached hydrogens (tertiary/aromatic N) is 4. The predicted octanol–water partition coefficient (Wildman–Crippen LogP) is 4.15. The third-order valence-corrected chi connectivity index (χ3v) is 5.01. The largest absolute Gasteiger partial charge is 0.437 e. The van der Waals surface area contributed by atoms with E-state index < -0.39 is 0 Å². The lowest BCUT2D eigenvalue weighted by molar-refractivity contribution is -0.133. The molecule has 2 heterocycles. The Morgan fingerprint density at radius 2 is 2.11 bits per heavy atom. The minimum absolute atomic E-state index is 0.144. The van der Waals surface area contributed by atoms with Crippen LogP contribution in [0.4, 0.5) is 5.82 Å². The summed E-state index contributed by atoms with van der Waals surface area (Å²) in [5.74, 6) is 2.04. The van der Waals surface area contributed by atoms with Crippen molar-refractivity contribution in [3.63, 3.8) is 0 Å². The number of anilines is 1. The van der Waals surface area contributed by atoms with E-state index in [-0.39, 0.29) is 11.9 Å². The fourth-order valence-electron chi connectivity index (χ4n) is 3.21. The molecule has 1 aromatic carbocycles. The van der Waals surface area contributed by atoms with Crippen LogP contribution < -0.4 is 9.64 Å². The second-order valence-electron chi connectivity index (χ2n) is 6.73. The number of hydrogen-bond donors (Lipinski definition) is 0. The third-order valence-electron chi connectivity index (χ3n) is 4.69. The van der Waals surface area contributed by atoms with E-state index in [0.29, 0.717) is 29.6 Å². The average molecular weight is 389 g/mol. The van der Waals surface area contributed by atoms with Crippen LogP contribution in [0.1, 0.15) is 33.1 Å². The van der Waals surface area contributed by atoms with Crippen LogP contribution in [0.2, 0.25) is 5.02 Å². The molecule has 0 N–H and O–H groups in total. The van der Waals surface area contributed by atoms with Gasteiger partial charge in [-0.15, -0.1) is 0 Å².